The summed E-state index contributed by atoms with van der Waals surface area (Å²) in [6.07, 6.45) is 0.446. The molecule has 0 aliphatic heterocycles. The molecule has 0 saturated heterocycles. The summed E-state index contributed by atoms with van der Waals surface area (Å²) in [6, 6.07) is 8.09. The van der Waals surface area contributed by atoms with Crippen molar-refractivity contribution in [1.29, 1.82) is 0 Å². The lowest BCUT2D eigenvalue weighted by atomic mass is 10.1. The number of hydrogen-bond acceptors (Lipinski definition) is 5. The SMILES string of the molecule is Cc1cc(CNS(=O)(=O)c2ccc(CC(N)=S)cc2)no1. The number of hydrogen-bond donors (Lipinski definition) is 2. The van der Waals surface area contributed by atoms with E-state index in [-0.39, 0.29) is 11.4 Å². The Balaban J connectivity index is 2.06. The number of nitrogens with zero attached hydrogens (tertiary/aromatic N) is 1. The van der Waals surface area contributed by atoms with Gasteiger partial charge >= 0.3 is 0 Å². The lowest BCUT2D eigenvalue weighted by Gasteiger charge is -2.06. The first-order valence-corrected chi connectivity index (χ1v) is 8.05. The summed E-state index contributed by atoms with van der Waals surface area (Å²) in [7, 11) is -3.59. The van der Waals surface area contributed by atoms with Crippen LogP contribution in [0.15, 0.2) is 39.8 Å². The van der Waals surface area contributed by atoms with Crippen molar-refractivity contribution >= 4 is 27.2 Å². The van der Waals surface area contributed by atoms with Crippen LogP contribution >= 0.6 is 12.2 Å². The van der Waals surface area contributed by atoms with Crippen molar-refractivity contribution < 1.29 is 12.9 Å². The number of thiocarbonyl (C=S) groups is 1. The van der Waals surface area contributed by atoms with Crippen molar-refractivity contribution in [3.8, 4) is 0 Å². The van der Waals surface area contributed by atoms with Crippen molar-refractivity contribution in [1.82, 2.24) is 9.88 Å². The number of aromatic nitrogens is 1. The molecule has 1 aromatic carbocycles. The third-order valence-corrected chi connectivity index (χ3v) is 4.29. The maximum absolute atomic E-state index is 12.1. The summed E-state index contributed by atoms with van der Waals surface area (Å²) in [5.41, 5.74) is 6.85. The first-order valence-electron chi connectivity index (χ1n) is 6.16. The molecule has 0 radical (unpaired) electrons. The van der Waals surface area contributed by atoms with Gasteiger partial charge in [-0.2, -0.15) is 0 Å². The summed E-state index contributed by atoms with van der Waals surface area (Å²) in [5, 5.41) is 3.73. The van der Waals surface area contributed by atoms with Gasteiger partial charge in [0, 0.05) is 12.5 Å². The molecule has 0 bridgehead atoms. The van der Waals surface area contributed by atoms with E-state index in [9.17, 15) is 8.42 Å². The fourth-order valence-corrected chi connectivity index (χ4v) is 2.91. The molecule has 0 fully saturated rings. The van der Waals surface area contributed by atoms with E-state index in [0.717, 1.165) is 5.56 Å². The normalized spacial score (nSPS) is 11.5. The van der Waals surface area contributed by atoms with Gasteiger partial charge in [0.2, 0.25) is 10.0 Å². The largest absolute Gasteiger partial charge is 0.393 e. The van der Waals surface area contributed by atoms with Crippen LogP contribution in [0.3, 0.4) is 0 Å². The predicted octanol–water partition coefficient (Wildman–Crippen LogP) is 1.29. The molecule has 1 aromatic heterocycles. The van der Waals surface area contributed by atoms with E-state index >= 15 is 0 Å². The van der Waals surface area contributed by atoms with Gasteiger partial charge in [0.15, 0.2) is 0 Å². The van der Waals surface area contributed by atoms with Crippen LogP contribution in [-0.2, 0) is 23.0 Å². The molecule has 8 heteroatoms. The second-order valence-electron chi connectivity index (χ2n) is 4.54. The van der Waals surface area contributed by atoms with Crippen LogP contribution in [0.4, 0.5) is 0 Å². The molecular formula is C13H15N3O3S2. The van der Waals surface area contributed by atoms with E-state index in [1.54, 1.807) is 25.1 Å². The molecule has 0 spiro atoms. The van der Waals surface area contributed by atoms with Crippen LogP contribution in [0.25, 0.3) is 0 Å². The molecule has 21 heavy (non-hydrogen) atoms. The molecule has 3 N–H and O–H groups in total. The van der Waals surface area contributed by atoms with Crippen molar-refractivity contribution in [2.24, 2.45) is 5.73 Å². The Morgan fingerprint density at radius 3 is 2.57 bits per heavy atom. The van der Waals surface area contributed by atoms with E-state index < -0.39 is 10.0 Å². The summed E-state index contributed by atoms with van der Waals surface area (Å²) >= 11 is 4.81. The standard InChI is InChI=1S/C13H15N3O3S2/c1-9-6-11(16-19-9)8-15-21(17,18)12-4-2-10(3-5-12)7-13(14)20/h2-6,15H,7-8H2,1H3,(H2,14,20). The highest BCUT2D eigenvalue weighted by Gasteiger charge is 2.14. The zero-order valence-corrected chi connectivity index (χ0v) is 13.0. The highest BCUT2D eigenvalue weighted by molar-refractivity contribution is 7.89. The van der Waals surface area contributed by atoms with Gasteiger partial charge in [0.25, 0.3) is 0 Å². The second-order valence-corrected chi connectivity index (χ2v) is 6.83. The van der Waals surface area contributed by atoms with E-state index in [1.807, 2.05) is 0 Å². The smallest absolute Gasteiger partial charge is 0.240 e. The molecule has 0 saturated carbocycles. The molecule has 2 aromatic rings. The van der Waals surface area contributed by atoms with Gasteiger partial charge in [-0.3, -0.25) is 0 Å². The molecule has 112 valence electrons. The van der Waals surface area contributed by atoms with Crippen molar-refractivity contribution in [2.45, 2.75) is 24.8 Å². The lowest BCUT2D eigenvalue weighted by molar-refractivity contribution is 0.390. The summed E-state index contributed by atoms with van der Waals surface area (Å²) in [4.78, 5) is 0.541. The number of nitrogens with two attached hydrogens (primary N) is 1. The Kier molecular flexibility index (Phi) is 4.71. The second kappa shape index (κ2) is 6.33. The zero-order valence-electron chi connectivity index (χ0n) is 11.4. The molecular weight excluding hydrogens is 310 g/mol. The van der Waals surface area contributed by atoms with E-state index in [4.69, 9.17) is 22.5 Å². The minimum absolute atomic E-state index is 0.0777. The average Bonchev–Trinajstić information content (AvgIpc) is 2.82. The Labute approximate surface area is 128 Å². The molecule has 0 atom stereocenters. The van der Waals surface area contributed by atoms with Gasteiger partial charge in [-0.25, -0.2) is 13.1 Å². The molecule has 0 amide bonds. The monoisotopic (exact) mass is 325 g/mol. The van der Waals surface area contributed by atoms with Gasteiger partial charge in [-0.05, 0) is 24.6 Å². The summed E-state index contributed by atoms with van der Waals surface area (Å²) < 4.78 is 31.6. The van der Waals surface area contributed by atoms with Crippen LogP contribution in [0.5, 0.6) is 0 Å². The Morgan fingerprint density at radius 2 is 2.05 bits per heavy atom. The minimum atomic E-state index is -3.59. The van der Waals surface area contributed by atoms with Crippen LogP contribution < -0.4 is 10.5 Å². The number of benzene rings is 1. The van der Waals surface area contributed by atoms with Gasteiger partial charge in [0.1, 0.15) is 5.76 Å². The highest BCUT2D eigenvalue weighted by atomic mass is 32.2. The number of sulfonamides is 1. The molecule has 0 unspecified atom stereocenters. The predicted molar refractivity (Wildman–Crippen MR) is 82.2 cm³/mol. The number of rotatable bonds is 6. The van der Waals surface area contributed by atoms with E-state index in [0.29, 0.717) is 22.9 Å². The third-order valence-electron chi connectivity index (χ3n) is 2.73. The summed E-state index contributed by atoms with van der Waals surface area (Å²) in [5.74, 6) is 0.631. The van der Waals surface area contributed by atoms with Crippen LogP contribution in [-0.4, -0.2) is 18.6 Å². The topological polar surface area (TPSA) is 98.2 Å². The van der Waals surface area contributed by atoms with Crippen molar-refractivity contribution in [3.63, 3.8) is 0 Å². The average molecular weight is 325 g/mol. The van der Waals surface area contributed by atoms with E-state index in [1.165, 1.54) is 12.1 Å². The van der Waals surface area contributed by atoms with Gasteiger partial charge in [-0.15, -0.1) is 0 Å². The van der Waals surface area contributed by atoms with Crippen LogP contribution in [0.2, 0.25) is 0 Å². The quantitative estimate of drug-likeness (QED) is 0.777. The Bertz CT molecular complexity index is 736. The molecule has 1 heterocycles. The Morgan fingerprint density at radius 1 is 1.38 bits per heavy atom. The zero-order chi connectivity index (χ0) is 15.5. The van der Waals surface area contributed by atoms with Crippen LogP contribution in [0, 0.1) is 6.92 Å². The number of aryl methyl sites for hydroxylation is 1. The van der Waals surface area contributed by atoms with E-state index in [2.05, 4.69) is 9.88 Å². The Hall–Kier alpha value is -1.77. The third kappa shape index (κ3) is 4.35. The van der Waals surface area contributed by atoms with Crippen molar-refractivity contribution in [2.75, 3.05) is 0 Å². The fraction of sp³-hybridized carbons (Fsp3) is 0.231. The number of nitrogens with one attached hydrogen (secondary N) is 1. The maximum atomic E-state index is 12.1. The molecule has 6 nitrogen and oxygen atoms in total. The van der Waals surface area contributed by atoms with Gasteiger partial charge < -0.3 is 10.3 Å². The van der Waals surface area contributed by atoms with Crippen molar-refractivity contribution in [3.05, 3.63) is 47.3 Å². The van der Waals surface area contributed by atoms with Gasteiger partial charge in [0.05, 0.1) is 22.1 Å². The summed E-state index contributed by atoms with van der Waals surface area (Å²) in [6.45, 7) is 1.82. The maximum Gasteiger partial charge on any atom is 0.240 e. The lowest BCUT2D eigenvalue weighted by Crippen LogP contribution is -2.23. The first kappa shape index (κ1) is 15.6. The fourth-order valence-electron chi connectivity index (χ4n) is 1.74. The molecule has 0 aliphatic carbocycles. The molecule has 0 aliphatic rings. The minimum Gasteiger partial charge on any atom is -0.393 e. The highest BCUT2D eigenvalue weighted by Crippen LogP contribution is 2.12. The first-order chi connectivity index (χ1) is 9.87. The van der Waals surface area contributed by atoms with Gasteiger partial charge in [-0.1, -0.05) is 29.5 Å². The van der Waals surface area contributed by atoms with Crippen LogP contribution in [0.1, 0.15) is 17.0 Å². The molecule has 2 rings (SSSR count).